The van der Waals surface area contributed by atoms with Crippen LogP contribution in [0.25, 0.3) is 22.6 Å². The summed E-state index contributed by atoms with van der Waals surface area (Å²) in [6.45, 7) is 0. The number of ether oxygens (including phenoxy) is 1. The molecule has 0 N–H and O–H groups in total. The van der Waals surface area contributed by atoms with E-state index in [9.17, 15) is 12.8 Å². The molecule has 158 valence electrons. The molecule has 0 bridgehead atoms. The smallest absolute Gasteiger partial charge is 0.199 e. The van der Waals surface area contributed by atoms with Gasteiger partial charge in [0.1, 0.15) is 17.3 Å². The Labute approximate surface area is 180 Å². The summed E-state index contributed by atoms with van der Waals surface area (Å²) < 4.78 is 48.8. The summed E-state index contributed by atoms with van der Waals surface area (Å²) in [6, 6.07) is 20.4. The molecule has 1 aromatic heterocycles. The number of halogens is 1. The average molecular weight is 437 g/mol. The first-order chi connectivity index (χ1) is 14.8. The molecule has 4 rings (SSSR count). The minimum absolute atomic E-state index is 0.209. The van der Waals surface area contributed by atoms with Gasteiger partial charge in [-0.05, 0) is 42.0 Å². The first-order valence-corrected chi connectivity index (χ1v) is 11.4. The van der Waals surface area contributed by atoms with E-state index in [1.165, 1.54) is 31.4 Å². The third-order valence-electron chi connectivity index (χ3n) is 4.83. The fourth-order valence-corrected chi connectivity index (χ4v) is 3.93. The third kappa shape index (κ3) is 4.51. The zero-order valence-electron chi connectivity index (χ0n) is 17.0. The van der Waals surface area contributed by atoms with Gasteiger partial charge in [0.15, 0.2) is 21.5 Å². The van der Waals surface area contributed by atoms with E-state index in [0.717, 1.165) is 11.8 Å². The highest BCUT2D eigenvalue weighted by molar-refractivity contribution is 7.90. The highest BCUT2D eigenvalue weighted by Crippen LogP contribution is 2.38. The van der Waals surface area contributed by atoms with Crippen LogP contribution in [-0.2, 0) is 16.3 Å². The number of sulfone groups is 1. The summed E-state index contributed by atoms with van der Waals surface area (Å²) in [4.78, 5) is 4.88. The van der Waals surface area contributed by atoms with E-state index in [1.807, 2.05) is 30.3 Å². The number of hydrogen-bond donors (Lipinski definition) is 0. The number of aromatic nitrogens is 1. The summed E-state index contributed by atoms with van der Waals surface area (Å²) in [7, 11) is -1.86. The molecule has 0 aliphatic heterocycles. The lowest BCUT2D eigenvalue weighted by molar-refractivity contribution is 0.413. The topological polar surface area (TPSA) is 69.4 Å². The molecule has 0 atom stereocenters. The molecule has 0 saturated heterocycles. The Morgan fingerprint density at radius 2 is 1.71 bits per heavy atom. The van der Waals surface area contributed by atoms with E-state index in [2.05, 4.69) is 4.98 Å². The molecule has 0 amide bonds. The van der Waals surface area contributed by atoms with Gasteiger partial charge in [-0.1, -0.05) is 30.3 Å². The zero-order valence-corrected chi connectivity index (χ0v) is 17.8. The molecule has 0 unspecified atom stereocenters. The van der Waals surface area contributed by atoms with Gasteiger partial charge in [0.05, 0.1) is 12.0 Å². The van der Waals surface area contributed by atoms with E-state index in [4.69, 9.17) is 9.15 Å². The van der Waals surface area contributed by atoms with E-state index in [-0.39, 0.29) is 4.90 Å². The number of benzene rings is 3. The lowest BCUT2D eigenvalue weighted by atomic mass is 10.0. The van der Waals surface area contributed by atoms with Crippen LogP contribution in [0.3, 0.4) is 0 Å². The van der Waals surface area contributed by atoms with Crippen molar-refractivity contribution in [2.24, 2.45) is 0 Å². The van der Waals surface area contributed by atoms with Crippen LogP contribution in [0, 0.1) is 5.82 Å². The fraction of sp³-hybridized carbons (Fsp3) is 0.125. The third-order valence-corrected chi connectivity index (χ3v) is 5.96. The van der Waals surface area contributed by atoms with E-state index in [0.29, 0.717) is 40.6 Å². The maximum absolute atomic E-state index is 13.7. The van der Waals surface area contributed by atoms with Crippen LogP contribution in [0.15, 0.2) is 82.1 Å². The minimum atomic E-state index is -3.32. The Hall–Kier alpha value is -3.45. The van der Waals surface area contributed by atoms with Crippen molar-refractivity contribution in [2.45, 2.75) is 11.3 Å². The number of nitrogens with zero attached hydrogens (tertiary/aromatic N) is 1. The Morgan fingerprint density at radius 3 is 2.35 bits per heavy atom. The summed E-state index contributed by atoms with van der Waals surface area (Å²) in [6.07, 6.45) is 1.63. The van der Waals surface area contributed by atoms with Gasteiger partial charge in [-0.2, -0.15) is 0 Å². The van der Waals surface area contributed by atoms with Gasteiger partial charge in [0.2, 0.25) is 0 Å². The van der Waals surface area contributed by atoms with Crippen LogP contribution in [0.5, 0.6) is 5.75 Å². The standard InChI is InChI=1S/C24H20FNO4S/c1-29-21-15-18(25)10-13-20(21)23-24(17-8-11-19(12-9-17)31(2,27)28)30-22(26-23)14-16-6-4-3-5-7-16/h3-13,15H,14H2,1-2H3. The van der Waals surface area contributed by atoms with Gasteiger partial charge in [0, 0.05) is 29.9 Å². The highest BCUT2D eigenvalue weighted by atomic mass is 32.2. The van der Waals surface area contributed by atoms with Gasteiger partial charge >= 0.3 is 0 Å². The van der Waals surface area contributed by atoms with Crippen molar-refractivity contribution in [1.29, 1.82) is 0 Å². The van der Waals surface area contributed by atoms with Crippen LogP contribution in [-0.4, -0.2) is 26.8 Å². The van der Waals surface area contributed by atoms with E-state index in [1.54, 1.807) is 18.2 Å². The summed E-state index contributed by atoms with van der Waals surface area (Å²) in [5.41, 5.74) is 2.75. The molecule has 0 spiro atoms. The monoisotopic (exact) mass is 437 g/mol. The Bertz CT molecular complexity index is 1310. The van der Waals surface area contributed by atoms with Gasteiger partial charge in [0.25, 0.3) is 0 Å². The van der Waals surface area contributed by atoms with Crippen molar-refractivity contribution in [3.8, 4) is 28.3 Å². The summed E-state index contributed by atoms with van der Waals surface area (Å²) in [5.74, 6) is 0.840. The van der Waals surface area contributed by atoms with Gasteiger partial charge in [-0.25, -0.2) is 17.8 Å². The molecule has 0 fully saturated rings. The molecule has 0 aliphatic rings. The summed E-state index contributed by atoms with van der Waals surface area (Å²) in [5, 5.41) is 0. The van der Waals surface area contributed by atoms with Crippen molar-refractivity contribution < 1.29 is 22.0 Å². The second kappa shape index (κ2) is 8.35. The van der Waals surface area contributed by atoms with E-state index >= 15 is 0 Å². The molecule has 0 saturated carbocycles. The molecular formula is C24H20FNO4S. The SMILES string of the molecule is COc1cc(F)ccc1-c1nc(Cc2ccccc2)oc1-c1ccc(S(C)(=O)=O)cc1. The number of rotatable bonds is 6. The quantitative estimate of drug-likeness (QED) is 0.417. The number of oxazole rings is 1. The average Bonchev–Trinajstić information content (AvgIpc) is 3.17. The lowest BCUT2D eigenvalue weighted by Crippen LogP contribution is -1.96. The second-order valence-electron chi connectivity index (χ2n) is 7.09. The Kier molecular flexibility index (Phi) is 5.61. The molecule has 5 nitrogen and oxygen atoms in total. The normalized spacial score (nSPS) is 11.5. The van der Waals surface area contributed by atoms with Crippen molar-refractivity contribution in [3.05, 3.63) is 90.1 Å². The van der Waals surface area contributed by atoms with Crippen LogP contribution in [0.2, 0.25) is 0 Å². The molecule has 1 heterocycles. The van der Waals surface area contributed by atoms with Crippen LogP contribution in [0.4, 0.5) is 4.39 Å². The second-order valence-corrected chi connectivity index (χ2v) is 9.10. The zero-order chi connectivity index (χ0) is 22.0. The first-order valence-electron chi connectivity index (χ1n) is 9.53. The largest absolute Gasteiger partial charge is 0.496 e. The fourth-order valence-electron chi connectivity index (χ4n) is 3.30. The molecule has 4 aromatic rings. The summed E-state index contributed by atoms with van der Waals surface area (Å²) >= 11 is 0. The van der Waals surface area contributed by atoms with Crippen molar-refractivity contribution in [2.75, 3.05) is 13.4 Å². The van der Waals surface area contributed by atoms with Gasteiger partial charge in [-0.3, -0.25) is 0 Å². The first kappa shape index (κ1) is 20.8. The molecule has 7 heteroatoms. The molecule has 31 heavy (non-hydrogen) atoms. The molecule has 0 aliphatic carbocycles. The predicted octanol–water partition coefficient (Wildman–Crippen LogP) is 5.15. The highest BCUT2D eigenvalue weighted by Gasteiger charge is 2.21. The molecule has 3 aromatic carbocycles. The van der Waals surface area contributed by atoms with Crippen LogP contribution in [0.1, 0.15) is 11.5 Å². The number of hydrogen-bond acceptors (Lipinski definition) is 5. The molecular weight excluding hydrogens is 417 g/mol. The van der Waals surface area contributed by atoms with Crippen molar-refractivity contribution >= 4 is 9.84 Å². The van der Waals surface area contributed by atoms with Crippen LogP contribution < -0.4 is 4.74 Å². The lowest BCUT2D eigenvalue weighted by Gasteiger charge is -2.08. The Morgan fingerprint density at radius 1 is 1.00 bits per heavy atom. The maximum atomic E-state index is 13.7. The van der Waals surface area contributed by atoms with Crippen molar-refractivity contribution in [3.63, 3.8) is 0 Å². The minimum Gasteiger partial charge on any atom is -0.496 e. The Balaban J connectivity index is 1.84. The molecule has 0 radical (unpaired) electrons. The van der Waals surface area contributed by atoms with Gasteiger partial charge in [-0.15, -0.1) is 0 Å². The predicted molar refractivity (Wildman–Crippen MR) is 116 cm³/mol. The van der Waals surface area contributed by atoms with Crippen molar-refractivity contribution in [1.82, 2.24) is 4.98 Å². The maximum Gasteiger partial charge on any atom is 0.199 e. The van der Waals surface area contributed by atoms with Gasteiger partial charge < -0.3 is 9.15 Å². The van der Waals surface area contributed by atoms with Crippen LogP contribution >= 0.6 is 0 Å². The number of methoxy groups -OCH3 is 1. The van der Waals surface area contributed by atoms with E-state index < -0.39 is 15.7 Å².